The third-order valence-electron chi connectivity index (χ3n) is 5.68. The van der Waals surface area contributed by atoms with Crippen molar-refractivity contribution in [3.8, 4) is 11.5 Å². The number of hydrazine groups is 1. The zero-order valence-corrected chi connectivity index (χ0v) is 21.5. The molecule has 0 fully saturated rings. The normalized spacial score (nSPS) is 17.7. The Kier molecular flexibility index (Phi) is 8.42. The van der Waals surface area contributed by atoms with Gasteiger partial charge in [-0.3, -0.25) is 0 Å². The van der Waals surface area contributed by atoms with Crippen LogP contribution in [-0.4, -0.2) is 55.4 Å². The second-order valence-electron chi connectivity index (χ2n) is 8.35. The molecular formula is C25H33N3O6S. The van der Waals surface area contributed by atoms with Crippen LogP contribution in [0.1, 0.15) is 31.9 Å². The molecule has 0 saturated carbocycles. The Balaban J connectivity index is 2.04. The summed E-state index contributed by atoms with van der Waals surface area (Å²) >= 11 is 0. The number of methoxy groups -OCH3 is 2. The van der Waals surface area contributed by atoms with Crippen LogP contribution in [0.25, 0.3) is 0 Å². The highest BCUT2D eigenvalue weighted by atomic mass is 32.2. The molecule has 0 aliphatic carbocycles. The summed E-state index contributed by atoms with van der Waals surface area (Å²) < 4.78 is 45.4. The van der Waals surface area contributed by atoms with Crippen LogP contribution in [0.2, 0.25) is 0 Å². The second kappa shape index (κ2) is 11.1. The molecule has 3 rings (SSSR count). The van der Waals surface area contributed by atoms with Crippen molar-refractivity contribution < 1.29 is 27.4 Å². The molecule has 190 valence electrons. The van der Waals surface area contributed by atoms with Crippen molar-refractivity contribution in [1.82, 2.24) is 14.7 Å². The first-order valence-corrected chi connectivity index (χ1v) is 12.8. The van der Waals surface area contributed by atoms with Gasteiger partial charge in [0.25, 0.3) is 4.87 Å². The van der Waals surface area contributed by atoms with Gasteiger partial charge in [-0.15, -0.1) is 0 Å². The molecule has 0 bridgehead atoms. The van der Waals surface area contributed by atoms with E-state index in [2.05, 4.69) is 5.43 Å². The Morgan fingerprint density at radius 1 is 0.971 bits per heavy atom. The number of nitrogens with zero attached hydrogens (tertiary/aromatic N) is 2. The lowest BCUT2D eigenvalue weighted by molar-refractivity contribution is -0.146. The molecule has 1 aliphatic rings. The topological polar surface area (TPSA) is 97.4 Å². The summed E-state index contributed by atoms with van der Waals surface area (Å²) in [6.07, 6.45) is 2.92. The van der Waals surface area contributed by atoms with Gasteiger partial charge in [-0.1, -0.05) is 24.3 Å². The number of ether oxygens (including phenoxy) is 3. The molecular weight excluding hydrogens is 470 g/mol. The number of hydrogen-bond donors (Lipinski definition) is 1. The van der Waals surface area contributed by atoms with E-state index >= 15 is 0 Å². The number of rotatable bonds is 11. The summed E-state index contributed by atoms with van der Waals surface area (Å²) in [7, 11) is -1.19. The molecule has 1 atom stereocenters. The molecule has 0 saturated heterocycles. The van der Waals surface area contributed by atoms with E-state index in [0.29, 0.717) is 11.5 Å². The molecule has 0 aromatic heterocycles. The Morgan fingerprint density at radius 3 is 1.83 bits per heavy atom. The molecule has 0 radical (unpaired) electrons. The number of nitrogens with one attached hydrogen (secondary N) is 1. The van der Waals surface area contributed by atoms with Crippen LogP contribution in [0.15, 0.2) is 60.8 Å². The van der Waals surface area contributed by atoms with Crippen molar-refractivity contribution in [1.29, 1.82) is 0 Å². The standard InChI is InChI=1S/C25H33N3O6S/c1-6-34-24(29)25(15-16-28(26-25)19(2)3)35(30,31)27(17-20-7-11-22(32-4)12-8-20)18-21-9-13-23(33-5)14-10-21/h7-16,19,26H,6,17-18H2,1-5H3. The third kappa shape index (κ3) is 5.61. The van der Waals surface area contributed by atoms with E-state index in [1.165, 1.54) is 10.4 Å². The smallest absolute Gasteiger partial charge is 0.349 e. The summed E-state index contributed by atoms with van der Waals surface area (Å²) in [5.74, 6) is 0.442. The van der Waals surface area contributed by atoms with E-state index in [1.54, 1.807) is 80.9 Å². The molecule has 9 nitrogen and oxygen atoms in total. The SMILES string of the molecule is CCOC(=O)C1(S(=O)(=O)N(Cc2ccc(OC)cc2)Cc2ccc(OC)cc2)C=CN(C(C)C)N1. The van der Waals surface area contributed by atoms with E-state index < -0.39 is 20.9 Å². The minimum Gasteiger partial charge on any atom is -0.497 e. The molecule has 1 heterocycles. The minimum atomic E-state index is -4.32. The van der Waals surface area contributed by atoms with Crippen molar-refractivity contribution in [2.45, 2.75) is 44.8 Å². The van der Waals surface area contributed by atoms with Crippen molar-refractivity contribution in [3.63, 3.8) is 0 Å². The molecule has 1 N–H and O–H groups in total. The quantitative estimate of drug-likeness (QED) is 0.468. The van der Waals surface area contributed by atoms with Crippen LogP contribution in [0.3, 0.4) is 0 Å². The average molecular weight is 504 g/mol. The van der Waals surface area contributed by atoms with E-state index in [0.717, 1.165) is 11.1 Å². The maximum atomic E-state index is 14.2. The fourth-order valence-electron chi connectivity index (χ4n) is 3.65. The lowest BCUT2D eigenvalue weighted by atomic mass is 10.2. The molecule has 1 aliphatic heterocycles. The first-order chi connectivity index (χ1) is 16.7. The Bertz CT molecular complexity index is 1080. The summed E-state index contributed by atoms with van der Waals surface area (Å²) in [6.45, 7) is 5.54. The molecule has 0 spiro atoms. The molecule has 1 unspecified atom stereocenters. The Morgan fingerprint density at radius 2 is 1.46 bits per heavy atom. The van der Waals surface area contributed by atoms with Crippen molar-refractivity contribution in [3.05, 3.63) is 71.9 Å². The molecule has 10 heteroatoms. The van der Waals surface area contributed by atoms with Gasteiger partial charge in [-0.2, -0.15) is 9.73 Å². The predicted molar refractivity (Wildman–Crippen MR) is 133 cm³/mol. The van der Waals surface area contributed by atoms with Gasteiger partial charge in [0.1, 0.15) is 11.5 Å². The van der Waals surface area contributed by atoms with Crippen LogP contribution >= 0.6 is 0 Å². The number of sulfonamides is 1. The average Bonchev–Trinajstić information content (AvgIpc) is 3.33. The van der Waals surface area contributed by atoms with Crippen LogP contribution in [0.5, 0.6) is 11.5 Å². The molecule has 2 aromatic rings. The first-order valence-electron chi connectivity index (χ1n) is 11.3. The van der Waals surface area contributed by atoms with Gasteiger partial charge in [-0.25, -0.2) is 13.2 Å². The lowest BCUT2D eigenvalue weighted by Gasteiger charge is -2.35. The fourth-order valence-corrected chi connectivity index (χ4v) is 5.42. The molecule has 2 aromatic carbocycles. The summed E-state index contributed by atoms with van der Waals surface area (Å²) in [6, 6.07) is 14.2. The van der Waals surface area contributed by atoms with E-state index in [-0.39, 0.29) is 25.7 Å². The third-order valence-corrected chi connectivity index (χ3v) is 7.83. The Hall–Kier alpha value is -3.08. The minimum absolute atomic E-state index is 0.0384. The van der Waals surface area contributed by atoms with Gasteiger partial charge in [-0.05, 0) is 62.2 Å². The maximum Gasteiger partial charge on any atom is 0.349 e. The summed E-state index contributed by atoms with van der Waals surface area (Å²) in [5.41, 5.74) is 4.38. The second-order valence-corrected chi connectivity index (χ2v) is 10.5. The zero-order chi connectivity index (χ0) is 25.6. The highest BCUT2D eigenvalue weighted by Crippen LogP contribution is 2.31. The zero-order valence-electron chi connectivity index (χ0n) is 20.7. The maximum absolute atomic E-state index is 14.2. The largest absolute Gasteiger partial charge is 0.497 e. The first kappa shape index (κ1) is 26.5. The molecule has 0 amide bonds. The van der Waals surface area contributed by atoms with Gasteiger partial charge in [0.05, 0.1) is 20.8 Å². The highest BCUT2D eigenvalue weighted by Gasteiger charge is 2.56. The monoisotopic (exact) mass is 503 g/mol. The van der Waals surface area contributed by atoms with Crippen LogP contribution in [0.4, 0.5) is 0 Å². The van der Waals surface area contributed by atoms with Crippen LogP contribution in [0, 0.1) is 0 Å². The number of benzene rings is 2. The predicted octanol–water partition coefficient (Wildman–Crippen LogP) is 3.04. The van der Waals surface area contributed by atoms with Crippen molar-refractivity contribution in [2.24, 2.45) is 0 Å². The van der Waals surface area contributed by atoms with Crippen molar-refractivity contribution in [2.75, 3.05) is 20.8 Å². The van der Waals surface area contributed by atoms with E-state index in [4.69, 9.17) is 14.2 Å². The Labute approximate surface area is 207 Å². The van der Waals surface area contributed by atoms with Gasteiger partial charge in [0, 0.05) is 25.3 Å². The summed E-state index contributed by atoms with van der Waals surface area (Å²) in [4.78, 5) is 11.1. The number of carbonyl (C=O) groups excluding carboxylic acids is 1. The number of carbonyl (C=O) groups is 1. The van der Waals surface area contributed by atoms with Gasteiger partial charge in [0.15, 0.2) is 0 Å². The van der Waals surface area contributed by atoms with Gasteiger partial charge in [0.2, 0.25) is 10.0 Å². The van der Waals surface area contributed by atoms with Crippen molar-refractivity contribution >= 4 is 16.0 Å². The van der Waals surface area contributed by atoms with Crippen LogP contribution in [-0.2, 0) is 32.6 Å². The molecule has 35 heavy (non-hydrogen) atoms. The van der Waals surface area contributed by atoms with Gasteiger partial charge < -0.3 is 19.2 Å². The summed E-state index contributed by atoms with van der Waals surface area (Å²) in [5, 5.41) is 1.59. The fraction of sp³-hybridized carbons (Fsp3) is 0.400. The lowest BCUT2D eigenvalue weighted by Crippen LogP contribution is -2.62. The van der Waals surface area contributed by atoms with Crippen LogP contribution < -0.4 is 14.9 Å². The number of esters is 1. The van der Waals surface area contributed by atoms with E-state index in [9.17, 15) is 13.2 Å². The number of hydrogen-bond acceptors (Lipinski definition) is 8. The van der Waals surface area contributed by atoms with E-state index in [1.807, 2.05) is 13.8 Å². The van der Waals surface area contributed by atoms with Gasteiger partial charge >= 0.3 is 5.97 Å². The highest BCUT2D eigenvalue weighted by molar-refractivity contribution is 7.91.